The molecule has 1 amide bonds. The summed E-state index contributed by atoms with van der Waals surface area (Å²) in [7, 11) is 0. The van der Waals surface area contributed by atoms with Gasteiger partial charge in [0.15, 0.2) is 12.0 Å². The predicted molar refractivity (Wildman–Crippen MR) is 111 cm³/mol. The third kappa shape index (κ3) is 2.70. The molecule has 0 spiro atoms. The van der Waals surface area contributed by atoms with Gasteiger partial charge in [-0.05, 0) is 54.8 Å². The van der Waals surface area contributed by atoms with Crippen LogP contribution in [-0.4, -0.2) is 15.9 Å². The number of nitrogens with zero attached hydrogens (tertiary/aromatic N) is 1. The Labute approximate surface area is 163 Å². The molecule has 2 N–H and O–H groups in total. The summed E-state index contributed by atoms with van der Waals surface area (Å²) in [6.07, 6.45) is 3.14. The molecule has 5 heteroatoms. The molecule has 2 heterocycles. The highest BCUT2D eigenvalue weighted by Gasteiger charge is 2.51. The second kappa shape index (κ2) is 5.71. The Morgan fingerprint density at radius 1 is 1.14 bits per heavy atom. The van der Waals surface area contributed by atoms with E-state index in [2.05, 4.69) is 42.1 Å². The number of hydrogen-bond acceptors (Lipinski definition) is 3. The van der Waals surface area contributed by atoms with Crippen molar-refractivity contribution in [3.05, 3.63) is 60.1 Å². The molecule has 0 aliphatic heterocycles. The van der Waals surface area contributed by atoms with Gasteiger partial charge >= 0.3 is 0 Å². The standard InChI is InChI=1S/C23H23N3O2/c1-22(2,3)20-11-14-10-16(5-6-17(14)26-20)25-21(27)23(8-9-23)15-4-7-19-18(12-15)24-13-28-19/h4-7,10-13,26H,8-9H2,1-3H3,(H,25,27). The summed E-state index contributed by atoms with van der Waals surface area (Å²) in [5.74, 6) is 0.0428. The van der Waals surface area contributed by atoms with E-state index in [1.54, 1.807) is 0 Å². The van der Waals surface area contributed by atoms with Gasteiger partial charge in [-0.3, -0.25) is 4.79 Å². The number of oxazole rings is 1. The molecule has 0 atom stereocenters. The van der Waals surface area contributed by atoms with Gasteiger partial charge in [-0.2, -0.15) is 0 Å². The number of carbonyl (C=O) groups excluding carboxylic acids is 1. The van der Waals surface area contributed by atoms with Gasteiger partial charge in [-0.1, -0.05) is 26.8 Å². The van der Waals surface area contributed by atoms with Crippen LogP contribution in [-0.2, 0) is 15.6 Å². The van der Waals surface area contributed by atoms with Crippen molar-refractivity contribution in [1.82, 2.24) is 9.97 Å². The van der Waals surface area contributed by atoms with Crippen molar-refractivity contribution in [3.8, 4) is 0 Å². The van der Waals surface area contributed by atoms with E-state index in [1.165, 1.54) is 12.1 Å². The minimum Gasteiger partial charge on any atom is -0.443 e. The van der Waals surface area contributed by atoms with Crippen molar-refractivity contribution in [1.29, 1.82) is 0 Å². The van der Waals surface area contributed by atoms with E-state index in [9.17, 15) is 4.79 Å². The largest absolute Gasteiger partial charge is 0.443 e. The van der Waals surface area contributed by atoms with E-state index in [-0.39, 0.29) is 11.3 Å². The summed E-state index contributed by atoms with van der Waals surface area (Å²) >= 11 is 0. The average Bonchev–Trinajstić information content (AvgIpc) is 3.13. The first-order valence-corrected chi connectivity index (χ1v) is 9.64. The average molecular weight is 373 g/mol. The van der Waals surface area contributed by atoms with Crippen molar-refractivity contribution in [2.45, 2.75) is 44.4 Å². The van der Waals surface area contributed by atoms with Crippen LogP contribution in [0.5, 0.6) is 0 Å². The summed E-state index contributed by atoms with van der Waals surface area (Å²) < 4.78 is 5.31. The van der Waals surface area contributed by atoms with Gasteiger partial charge in [-0.25, -0.2) is 4.98 Å². The molecule has 1 aliphatic carbocycles. The van der Waals surface area contributed by atoms with E-state index in [0.29, 0.717) is 0 Å². The molecule has 0 radical (unpaired) electrons. The predicted octanol–water partition coefficient (Wildman–Crippen LogP) is 5.28. The van der Waals surface area contributed by atoms with E-state index in [4.69, 9.17) is 4.42 Å². The first-order chi connectivity index (χ1) is 13.3. The molecule has 28 heavy (non-hydrogen) atoms. The first kappa shape index (κ1) is 17.0. The number of rotatable bonds is 3. The SMILES string of the molecule is CC(C)(C)c1cc2cc(NC(=O)C3(c4ccc5ocnc5c4)CC3)ccc2[nH]1. The number of nitrogens with one attached hydrogen (secondary N) is 2. The third-order valence-electron chi connectivity index (χ3n) is 5.75. The number of aromatic nitrogens is 2. The van der Waals surface area contributed by atoms with Crippen LogP contribution in [0.3, 0.4) is 0 Å². The summed E-state index contributed by atoms with van der Waals surface area (Å²) in [6, 6.07) is 14.0. The van der Waals surface area contributed by atoms with Crippen molar-refractivity contribution in [3.63, 3.8) is 0 Å². The van der Waals surface area contributed by atoms with Gasteiger partial charge in [0.25, 0.3) is 0 Å². The van der Waals surface area contributed by atoms with Crippen molar-refractivity contribution in [2.24, 2.45) is 0 Å². The van der Waals surface area contributed by atoms with Crippen LogP contribution in [0.2, 0.25) is 0 Å². The zero-order valence-corrected chi connectivity index (χ0v) is 16.3. The Hall–Kier alpha value is -3.08. The summed E-state index contributed by atoms with van der Waals surface area (Å²) in [6.45, 7) is 6.55. The van der Waals surface area contributed by atoms with E-state index >= 15 is 0 Å². The number of amides is 1. The molecule has 1 aliphatic rings. The molecule has 142 valence electrons. The molecule has 5 rings (SSSR count). The van der Waals surface area contributed by atoms with Gasteiger partial charge in [0.05, 0.1) is 5.41 Å². The maximum atomic E-state index is 13.1. The summed E-state index contributed by atoms with van der Waals surface area (Å²) in [5.41, 5.74) is 5.23. The number of carbonyl (C=O) groups is 1. The molecular weight excluding hydrogens is 350 g/mol. The number of fused-ring (bicyclic) bond motifs is 2. The fourth-order valence-electron chi connectivity index (χ4n) is 3.79. The van der Waals surface area contributed by atoms with Gasteiger partial charge in [0.2, 0.25) is 5.91 Å². The Morgan fingerprint density at radius 2 is 1.96 bits per heavy atom. The van der Waals surface area contributed by atoms with Gasteiger partial charge < -0.3 is 14.7 Å². The van der Waals surface area contributed by atoms with Crippen LogP contribution >= 0.6 is 0 Å². The number of H-pyrrole nitrogens is 1. The molecule has 5 nitrogen and oxygen atoms in total. The molecule has 1 fully saturated rings. The highest BCUT2D eigenvalue weighted by atomic mass is 16.3. The molecular formula is C23H23N3O2. The second-order valence-electron chi connectivity index (χ2n) is 8.81. The number of benzene rings is 2. The Balaban J connectivity index is 1.43. The van der Waals surface area contributed by atoms with E-state index in [0.717, 1.165) is 46.1 Å². The number of anilines is 1. The zero-order valence-electron chi connectivity index (χ0n) is 16.3. The van der Waals surface area contributed by atoms with Gasteiger partial charge in [0.1, 0.15) is 5.52 Å². The van der Waals surface area contributed by atoms with E-state index < -0.39 is 5.41 Å². The molecule has 0 bridgehead atoms. The number of aromatic amines is 1. The van der Waals surface area contributed by atoms with Crippen LogP contribution in [0, 0.1) is 0 Å². The van der Waals surface area contributed by atoms with Crippen LogP contribution in [0.15, 0.2) is 53.3 Å². The zero-order chi connectivity index (χ0) is 19.5. The fraction of sp³-hybridized carbons (Fsp3) is 0.304. The van der Waals surface area contributed by atoms with Crippen LogP contribution in [0.4, 0.5) is 5.69 Å². The van der Waals surface area contributed by atoms with Crippen molar-refractivity contribution in [2.75, 3.05) is 5.32 Å². The maximum absolute atomic E-state index is 13.1. The first-order valence-electron chi connectivity index (χ1n) is 9.64. The lowest BCUT2D eigenvalue weighted by atomic mass is 9.92. The quantitative estimate of drug-likeness (QED) is 0.513. The Morgan fingerprint density at radius 3 is 2.71 bits per heavy atom. The second-order valence-corrected chi connectivity index (χ2v) is 8.81. The Kier molecular flexibility index (Phi) is 3.48. The van der Waals surface area contributed by atoms with E-state index in [1.807, 2.05) is 36.4 Å². The molecule has 4 aromatic rings. The maximum Gasteiger partial charge on any atom is 0.235 e. The highest BCUT2D eigenvalue weighted by Crippen LogP contribution is 2.49. The minimum absolute atomic E-state index is 0.0428. The highest BCUT2D eigenvalue weighted by molar-refractivity contribution is 6.03. The van der Waals surface area contributed by atoms with Gasteiger partial charge in [0, 0.05) is 27.7 Å². The lowest BCUT2D eigenvalue weighted by molar-refractivity contribution is -0.118. The van der Waals surface area contributed by atoms with Gasteiger partial charge in [-0.15, -0.1) is 0 Å². The molecule has 1 saturated carbocycles. The van der Waals surface area contributed by atoms with Crippen LogP contribution in [0.1, 0.15) is 44.9 Å². The Bertz CT molecular complexity index is 1210. The molecule has 2 aromatic heterocycles. The monoisotopic (exact) mass is 373 g/mol. The van der Waals surface area contributed by atoms with Crippen LogP contribution in [0.25, 0.3) is 22.0 Å². The smallest absolute Gasteiger partial charge is 0.235 e. The van der Waals surface area contributed by atoms with Crippen LogP contribution < -0.4 is 5.32 Å². The lowest BCUT2D eigenvalue weighted by Crippen LogP contribution is -2.27. The fourth-order valence-corrected chi connectivity index (χ4v) is 3.79. The minimum atomic E-state index is -0.461. The lowest BCUT2D eigenvalue weighted by Gasteiger charge is -2.16. The van der Waals surface area contributed by atoms with Crippen molar-refractivity contribution < 1.29 is 9.21 Å². The summed E-state index contributed by atoms with van der Waals surface area (Å²) in [5, 5.41) is 4.24. The topological polar surface area (TPSA) is 70.9 Å². The summed E-state index contributed by atoms with van der Waals surface area (Å²) in [4.78, 5) is 20.8. The number of hydrogen-bond donors (Lipinski definition) is 2. The molecule has 0 unspecified atom stereocenters. The van der Waals surface area contributed by atoms with Crippen molar-refractivity contribution >= 4 is 33.6 Å². The molecule has 0 saturated heterocycles. The third-order valence-corrected chi connectivity index (χ3v) is 5.75. The normalized spacial score (nSPS) is 15.8. The molecule has 2 aromatic carbocycles.